The van der Waals surface area contributed by atoms with Crippen molar-refractivity contribution in [1.82, 2.24) is 0 Å². The van der Waals surface area contributed by atoms with Gasteiger partial charge in [0, 0.05) is 19.3 Å². The van der Waals surface area contributed by atoms with Crippen molar-refractivity contribution in [2.24, 2.45) is 0 Å². The van der Waals surface area contributed by atoms with Crippen LogP contribution in [0.15, 0.2) is 72.9 Å². The summed E-state index contributed by atoms with van der Waals surface area (Å²) in [5.74, 6) is -0.933. The second-order valence-corrected chi connectivity index (χ2v) is 18.5. The number of hydrogen-bond donors (Lipinski definition) is 0. The third kappa shape index (κ3) is 51.8. The van der Waals surface area contributed by atoms with Gasteiger partial charge in [-0.05, 0) is 89.9 Å². The van der Waals surface area contributed by atoms with Gasteiger partial charge < -0.3 is 14.2 Å². The van der Waals surface area contributed by atoms with E-state index >= 15 is 0 Å². The van der Waals surface area contributed by atoms with E-state index in [1.807, 2.05) is 0 Å². The summed E-state index contributed by atoms with van der Waals surface area (Å²) in [6, 6.07) is 0. The third-order valence-corrected chi connectivity index (χ3v) is 11.9. The molecule has 1 atom stereocenters. The fourth-order valence-electron chi connectivity index (χ4n) is 7.76. The zero-order valence-electron chi connectivity index (χ0n) is 43.4. The summed E-state index contributed by atoms with van der Waals surface area (Å²) in [4.78, 5) is 37.9. The average molecular weight is 921 g/mol. The van der Waals surface area contributed by atoms with Gasteiger partial charge in [-0.15, -0.1) is 0 Å². The van der Waals surface area contributed by atoms with E-state index in [-0.39, 0.29) is 37.5 Å². The van der Waals surface area contributed by atoms with Gasteiger partial charge in [0.25, 0.3) is 0 Å². The van der Waals surface area contributed by atoms with Gasteiger partial charge in [0.1, 0.15) is 13.2 Å². The Morgan fingerprint density at radius 2 is 0.591 bits per heavy atom. The van der Waals surface area contributed by atoms with Crippen LogP contribution in [0, 0.1) is 0 Å². The van der Waals surface area contributed by atoms with Crippen LogP contribution in [0.4, 0.5) is 0 Å². The number of carbonyl (C=O) groups is 3. The lowest BCUT2D eigenvalue weighted by molar-refractivity contribution is -0.167. The first-order valence-electron chi connectivity index (χ1n) is 27.9. The van der Waals surface area contributed by atoms with Crippen molar-refractivity contribution in [2.45, 2.75) is 277 Å². The molecule has 6 heteroatoms. The number of hydrogen-bond acceptors (Lipinski definition) is 6. The molecule has 0 amide bonds. The van der Waals surface area contributed by atoms with Crippen molar-refractivity contribution in [3.8, 4) is 0 Å². The molecule has 0 N–H and O–H groups in total. The van der Waals surface area contributed by atoms with E-state index in [4.69, 9.17) is 14.2 Å². The number of rotatable bonds is 50. The minimum absolute atomic E-state index is 0.0908. The maximum Gasteiger partial charge on any atom is 0.306 e. The van der Waals surface area contributed by atoms with Gasteiger partial charge in [0.2, 0.25) is 0 Å². The van der Waals surface area contributed by atoms with Crippen LogP contribution in [0.1, 0.15) is 271 Å². The number of allylic oxidation sites excluding steroid dienone is 12. The molecule has 66 heavy (non-hydrogen) atoms. The third-order valence-electron chi connectivity index (χ3n) is 11.9. The first kappa shape index (κ1) is 62.8. The number of esters is 3. The molecular weight excluding hydrogens is 817 g/mol. The zero-order valence-corrected chi connectivity index (χ0v) is 43.4. The molecule has 0 aliphatic rings. The summed E-state index contributed by atoms with van der Waals surface area (Å²) >= 11 is 0. The van der Waals surface area contributed by atoms with Gasteiger partial charge in [-0.3, -0.25) is 14.4 Å². The highest BCUT2D eigenvalue weighted by atomic mass is 16.6. The van der Waals surface area contributed by atoms with Crippen molar-refractivity contribution in [2.75, 3.05) is 13.2 Å². The molecule has 0 fully saturated rings. The molecule has 0 spiro atoms. The Balaban J connectivity index is 4.21. The lowest BCUT2D eigenvalue weighted by Crippen LogP contribution is -2.30. The molecule has 6 nitrogen and oxygen atoms in total. The summed E-state index contributed by atoms with van der Waals surface area (Å²) < 4.78 is 16.7. The van der Waals surface area contributed by atoms with Gasteiger partial charge in [0.05, 0.1) is 0 Å². The van der Waals surface area contributed by atoms with E-state index in [0.29, 0.717) is 19.3 Å². The molecule has 0 aliphatic heterocycles. The van der Waals surface area contributed by atoms with Crippen LogP contribution in [-0.4, -0.2) is 37.2 Å². The quantitative estimate of drug-likeness (QED) is 0.0262. The molecule has 0 bridgehead atoms. The van der Waals surface area contributed by atoms with E-state index < -0.39 is 6.10 Å². The monoisotopic (exact) mass is 921 g/mol. The number of carbonyl (C=O) groups excluding carboxylic acids is 3. The van der Waals surface area contributed by atoms with Crippen molar-refractivity contribution in [1.29, 1.82) is 0 Å². The zero-order chi connectivity index (χ0) is 47.9. The van der Waals surface area contributed by atoms with E-state index in [0.717, 1.165) is 83.5 Å². The Morgan fingerprint density at radius 1 is 0.318 bits per heavy atom. The van der Waals surface area contributed by atoms with E-state index in [2.05, 4.69) is 93.7 Å². The Kier molecular flexibility index (Phi) is 51.9. The van der Waals surface area contributed by atoms with Crippen LogP contribution >= 0.6 is 0 Å². The SMILES string of the molecule is CC/C=C\C/C=C\C/C=C\C/C=C\CCCCC(=O)OC(COC(=O)CCCCCCCCCC)COC(=O)CCCCCCCCCCCCCCC/C=C\C/C=C\CCCCCCC. The van der Waals surface area contributed by atoms with E-state index in [1.54, 1.807) is 0 Å². The number of unbranched alkanes of at least 4 members (excludes halogenated alkanes) is 27. The average Bonchev–Trinajstić information content (AvgIpc) is 3.31. The molecule has 1 unspecified atom stereocenters. The van der Waals surface area contributed by atoms with Gasteiger partial charge in [-0.2, -0.15) is 0 Å². The number of ether oxygens (including phenoxy) is 3. The van der Waals surface area contributed by atoms with Crippen LogP contribution in [0.25, 0.3) is 0 Å². The van der Waals surface area contributed by atoms with Crippen LogP contribution in [0.2, 0.25) is 0 Å². The molecule has 0 aromatic heterocycles. The molecule has 0 heterocycles. The Hall–Kier alpha value is -3.15. The van der Waals surface area contributed by atoms with E-state index in [9.17, 15) is 14.4 Å². The fourth-order valence-corrected chi connectivity index (χ4v) is 7.76. The van der Waals surface area contributed by atoms with Gasteiger partial charge >= 0.3 is 17.9 Å². The minimum atomic E-state index is -0.794. The summed E-state index contributed by atoms with van der Waals surface area (Å²) in [6.45, 7) is 6.46. The first-order valence-corrected chi connectivity index (χ1v) is 27.9. The predicted molar refractivity (Wildman–Crippen MR) is 284 cm³/mol. The molecule has 0 saturated heterocycles. The highest BCUT2D eigenvalue weighted by Gasteiger charge is 2.19. The Bertz CT molecular complexity index is 1240. The predicted octanol–water partition coefficient (Wildman–Crippen LogP) is 18.6. The van der Waals surface area contributed by atoms with Crippen LogP contribution < -0.4 is 0 Å². The van der Waals surface area contributed by atoms with Gasteiger partial charge in [-0.25, -0.2) is 0 Å². The molecule has 0 rings (SSSR count). The maximum absolute atomic E-state index is 12.8. The smallest absolute Gasteiger partial charge is 0.306 e. The van der Waals surface area contributed by atoms with Crippen molar-refractivity contribution in [3.63, 3.8) is 0 Å². The van der Waals surface area contributed by atoms with Crippen LogP contribution in [0.3, 0.4) is 0 Å². The summed E-state index contributed by atoms with van der Waals surface area (Å²) in [5.41, 5.74) is 0. The molecule has 0 aromatic rings. The van der Waals surface area contributed by atoms with Gasteiger partial charge in [0.15, 0.2) is 6.10 Å². The second-order valence-electron chi connectivity index (χ2n) is 18.5. The maximum atomic E-state index is 12.8. The molecule has 0 saturated carbocycles. The lowest BCUT2D eigenvalue weighted by Gasteiger charge is -2.18. The van der Waals surface area contributed by atoms with Crippen molar-refractivity contribution in [3.05, 3.63) is 72.9 Å². The lowest BCUT2D eigenvalue weighted by atomic mass is 10.0. The molecule has 0 aliphatic carbocycles. The Labute approximate surface area is 408 Å². The van der Waals surface area contributed by atoms with Crippen molar-refractivity contribution >= 4 is 17.9 Å². The summed E-state index contributed by atoms with van der Waals surface area (Å²) in [6.07, 6.45) is 69.2. The largest absolute Gasteiger partial charge is 0.462 e. The summed E-state index contributed by atoms with van der Waals surface area (Å²) in [5, 5.41) is 0. The highest BCUT2D eigenvalue weighted by Crippen LogP contribution is 2.15. The van der Waals surface area contributed by atoms with Crippen molar-refractivity contribution < 1.29 is 28.6 Å². The standard InChI is InChI=1S/C60H104O6/c1-4-7-10-13-16-19-21-23-25-26-27-28-29-30-31-32-33-34-36-37-39-41-44-47-50-53-59(62)65-56-57(55-64-58(61)52-49-46-43-18-15-12-9-6-3)66-60(63)54-51-48-45-42-40-38-35-24-22-20-17-14-11-8-5-2/h8,11,17,20-21,23-24,26-27,35,40,42,57H,4-7,9-10,12-16,18-19,22,25,28-34,36-39,41,43-56H2,1-3H3/b11-8-,20-17-,23-21-,27-26-,35-24-,42-40-. The Morgan fingerprint density at radius 3 is 0.955 bits per heavy atom. The molecular formula is C60H104O6. The minimum Gasteiger partial charge on any atom is -0.462 e. The van der Waals surface area contributed by atoms with Crippen LogP contribution in [0.5, 0.6) is 0 Å². The second kappa shape index (κ2) is 54.5. The normalized spacial score (nSPS) is 12.6. The molecule has 0 radical (unpaired) electrons. The molecule has 0 aromatic carbocycles. The topological polar surface area (TPSA) is 78.9 Å². The first-order chi connectivity index (χ1) is 32.5. The van der Waals surface area contributed by atoms with Gasteiger partial charge in [-0.1, -0.05) is 235 Å². The van der Waals surface area contributed by atoms with E-state index in [1.165, 1.54) is 141 Å². The van der Waals surface area contributed by atoms with Crippen LogP contribution in [-0.2, 0) is 28.6 Å². The summed E-state index contributed by atoms with van der Waals surface area (Å²) in [7, 11) is 0. The highest BCUT2D eigenvalue weighted by molar-refractivity contribution is 5.71. The molecule has 380 valence electrons. The fraction of sp³-hybridized carbons (Fsp3) is 0.750.